The number of benzene rings is 2. The van der Waals surface area contributed by atoms with Crippen molar-refractivity contribution in [1.29, 1.82) is 0 Å². The lowest BCUT2D eigenvalue weighted by molar-refractivity contribution is -0.137. The van der Waals surface area contributed by atoms with Gasteiger partial charge in [-0.1, -0.05) is 13.3 Å². The van der Waals surface area contributed by atoms with Crippen molar-refractivity contribution in [3.05, 3.63) is 51.9 Å². The maximum Gasteiger partial charge on any atom is 0.417 e. The Bertz CT molecular complexity index is 1690. The maximum absolute atomic E-state index is 15.2. The topological polar surface area (TPSA) is 86.1 Å². The molecule has 5 rings (SSSR count). The highest BCUT2D eigenvalue weighted by atomic mass is 32.2. The molecule has 0 spiro atoms. The minimum atomic E-state index is -4.94. The lowest BCUT2D eigenvalue weighted by atomic mass is 9.95. The van der Waals surface area contributed by atoms with Crippen molar-refractivity contribution < 1.29 is 41.0 Å². The molecule has 3 heterocycles. The molecule has 0 saturated carbocycles. The summed E-state index contributed by atoms with van der Waals surface area (Å²) >= 11 is 1.05. The second kappa shape index (κ2) is 14.4. The van der Waals surface area contributed by atoms with E-state index in [1.54, 1.807) is 23.6 Å². The number of thioether (sulfide) groups is 1. The van der Waals surface area contributed by atoms with Crippen LogP contribution < -0.4 is 10.6 Å². The number of amides is 1. The number of aromatic nitrogens is 2. The fourth-order valence-corrected chi connectivity index (χ4v) is 7.35. The summed E-state index contributed by atoms with van der Waals surface area (Å²) in [5.74, 6) is -1.93. The van der Waals surface area contributed by atoms with Gasteiger partial charge in [0.05, 0.1) is 43.5 Å². The second-order valence-electron chi connectivity index (χ2n) is 11.7. The molecular formula is C32H37F5N4O5S. The average Bonchev–Trinajstić information content (AvgIpc) is 3.01. The van der Waals surface area contributed by atoms with Crippen molar-refractivity contribution in [2.24, 2.45) is 0 Å². The van der Waals surface area contributed by atoms with Gasteiger partial charge in [0.2, 0.25) is 0 Å². The highest BCUT2D eigenvalue weighted by Gasteiger charge is 2.41. The summed E-state index contributed by atoms with van der Waals surface area (Å²) in [6, 6.07) is 1.83. The highest BCUT2D eigenvalue weighted by Crippen LogP contribution is 2.50. The van der Waals surface area contributed by atoms with Gasteiger partial charge in [0.15, 0.2) is 0 Å². The first-order valence-electron chi connectivity index (χ1n) is 15.4. The first kappa shape index (κ1) is 34.9. The smallest absolute Gasteiger partial charge is 0.417 e. The third kappa shape index (κ3) is 7.07. The zero-order valence-electron chi connectivity index (χ0n) is 26.5. The highest BCUT2D eigenvalue weighted by molar-refractivity contribution is 7.99. The van der Waals surface area contributed by atoms with Crippen molar-refractivity contribution >= 4 is 34.6 Å². The van der Waals surface area contributed by atoms with Crippen molar-refractivity contribution in [3.63, 3.8) is 0 Å². The van der Waals surface area contributed by atoms with Gasteiger partial charge in [0, 0.05) is 65.5 Å². The van der Waals surface area contributed by atoms with Crippen molar-refractivity contribution in [2.75, 3.05) is 57.3 Å². The molecule has 0 radical (unpaired) electrons. The number of carbonyl (C=O) groups excluding carboxylic acids is 1. The molecule has 1 amide bonds. The van der Waals surface area contributed by atoms with E-state index in [4.69, 9.17) is 14.2 Å². The summed E-state index contributed by atoms with van der Waals surface area (Å²) in [6.07, 6.45) is -3.86. The molecule has 15 heteroatoms. The predicted molar refractivity (Wildman–Crippen MR) is 168 cm³/mol. The Hall–Kier alpha value is -3.43. The van der Waals surface area contributed by atoms with Gasteiger partial charge in [-0.05, 0) is 38.5 Å². The van der Waals surface area contributed by atoms with Crippen LogP contribution in [0, 0.1) is 11.6 Å². The molecule has 9 nitrogen and oxygen atoms in total. The van der Waals surface area contributed by atoms with E-state index in [1.807, 2.05) is 6.92 Å². The van der Waals surface area contributed by atoms with Gasteiger partial charge < -0.3 is 24.0 Å². The van der Waals surface area contributed by atoms with E-state index < -0.39 is 64.4 Å². The lowest BCUT2D eigenvalue weighted by Crippen LogP contribution is -2.59. The van der Waals surface area contributed by atoms with Gasteiger partial charge in [0.25, 0.3) is 0 Å². The van der Waals surface area contributed by atoms with E-state index in [9.17, 15) is 27.2 Å². The van der Waals surface area contributed by atoms with E-state index in [0.717, 1.165) is 36.4 Å². The maximum atomic E-state index is 15.2. The van der Waals surface area contributed by atoms with E-state index in [0.29, 0.717) is 19.1 Å². The van der Waals surface area contributed by atoms with Crippen molar-refractivity contribution in [1.82, 2.24) is 14.5 Å². The molecule has 2 aliphatic rings. The van der Waals surface area contributed by atoms with Gasteiger partial charge in [-0.3, -0.25) is 4.57 Å². The Morgan fingerprint density at radius 2 is 1.85 bits per heavy atom. The molecule has 0 bridgehead atoms. The number of hydrogen-bond acceptors (Lipinski definition) is 8. The Morgan fingerprint density at radius 3 is 2.53 bits per heavy atom. The van der Waals surface area contributed by atoms with Crippen LogP contribution in [0.5, 0.6) is 0 Å². The van der Waals surface area contributed by atoms with E-state index in [1.165, 1.54) is 11.7 Å². The summed E-state index contributed by atoms with van der Waals surface area (Å²) < 4.78 is 91.2. The molecule has 2 unspecified atom stereocenters. The molecule has 2 aromatic carbocycles. The Balaban J connectivity index is 1.70. The summed E-state index contributed by atoms with van der Waals surface area (Å²) in [7, 11) is 1.51. The number of anilines is 1. The fourth-order valence-electron chi connectivity index (χ4n) is 6.04. The molecule has 47 heavy (non-hydrogen) atoms. The van der Waals surface area contributed by atoms with Crippen LogP contribution in [0.3, 0.4) is 0 Å². The van der Waals surface area contributed by atoms with Gasteiger partial charge in [-0.2, -0.15) is 18.2 Å². The molecule has 1 saturated heterocycles. The Kier molecular flexibility index (Phi) is 10.7. The SMILES string of the molecule is CCCCOC(=O)N1CC(C)N(c2nc(=O)n3c4c(c(-c5ccc(F)cc5F)c(C(F)(F)F)cc24)SC[C@@H]3COCCOC)CC1C. The summed E-state index contributed by atoms with van der Waals surface area (Å²) in [5.41, 5.74) is -2.60. The average molecular weight is 685 g/mol. The zero-order chi connectivity index (χ0) is 34.0. The fraction of sp³-hybridized carbons (Fsp3) is 0.531. The molecule has 256 valence electrons. The molecular weight excluding hydrogens is 647 g/mol. The zero-order valence-corrected chi connectivity index (χ0v) is 27.4. The van der Waals surface area contributed by atoms with Crippen LogP contribution >= 0.6 is 11.8 Å². The summed E-state index contributed by atoms with van der Waals surface area (Å²) in [4.78, 5) is 34.4. The Morgan fingerprint density at radius 1 is 1.09 bits per heavy atom. The third-order valence-electron chi connectivity index (χ3n) is 8.39. The largest absolute Gasteiger partial charge is 0.449 e. The minimum Gasteiger partial charge on any atom is -0.449 e. The lowest BCUT2D eigenvalue weighted by Gasteiger charge is -2.44. The number of halogens is 5. The molecule has 3 atom stereocenters. The van der Waals surface area contributed by atoms with Crippen LogP contribution in [0.4, 0.5) is 32.6 Å². The van der Waals surface area contributed by atoms with Gasteiger partial charge in [-0.25, -0.2) is 18.4 Å². The number of methoxy groups -OCH3 is 1. The van der Waals surface area contributed by atoms with Crippen LogP contribution in [0.2, 0.25) is 0 Å². The van der Waals surface area contributed by atoms with Crippen LogP contribution in [-0.4, -0.2) is 85.0 Å². The molecule has 0 N–H and O–H groups in total. The quantitative estimate of drug-likeness (QED) is 0.177. The monoisotopic (exact) mass is 684 g/mol. The van der Waals surface area contributed by atoms with Gasteiger partial charge in [-0.15, -0.1) is 11.8 Å². The predicted octanol–water partition coefficient (Wildman–Crippen LogP) is 6.51. The second-order valence-corrected chi connectivity index (χ2v) is 12.8. The van der Waals surface area contributed by atoms with E-state index in [2.05, 4.69) is 4.98 Å². The summed E-state index contributed by atoms with van der Waals surface area (Å²) in [6.45, 7) is 6.76. The van der Waals surface area contributed by atoms with Crippen molar-refractivity contribution in [3.8, 4) is 11.1 Å². The standard InChI is InChI=1S/C32H37F5N4O5S/c1-5-6-9-46-31(43)40-15-18(2)39(14-19(40)3)29-23-13-24(32(35,36)37)26(22-8-7-20(33)12-25(22)34)28-27(23)41(30(42)38-29)21(17-47-28)16-45-11-10-44-4/h7-8,12-13,18-19,21H,5-6,9-11,14-17H2,1-4H3/t18?,19?,21-/m0/s1. The third-order valence-corrected chi connectivity index (χ3v) is 9.63. The van der Waals surface area contributed by atoms with E-state index in [-0.39, 0.29) is 60.3 Å². The minimum absolute atomic E-state index is 0.0269. The molecule has 0 aliphatic carbocycles. The number of unbranched alkanes of at least 4 members (excludes halogenated alkanes) is 1. The molecule has 1 fully saturated rings. The van der Waals surface area contributed by atoms with Crippen LogP contribution in [-0.2, 0) is 20.4 Å². The summed E-state index contributed by atoms with van der Waals surface area (Å²) in [5, 5.41) is 0.0466. The van der Waals surface area contributed by atoms with Gasteiger partial charge in [0.1, 0.15) is 17.5 Å². The molecule has 3 aromatic rings. The van der Waals surface area contributed by atoms with E-state index >= 15 is 4.39 Å². The molecule has 1 aromatic heterocycles. The van der Waals surface area contributed by atoms with Crippen LogP contribution in [0.1, 0.15) is 45.2 Å². The van der Waals surface area contributed by atoms with Crippen molar-refractivity contribution in [2.45, 2.75) is 62.8 Å². The number of hydrogen-bond donors (Lipinski definition) is 0. The molecule has 2 aliphatic heterocycles. The number of nitrogens with zero attached hydrogens (tertiary/aromatic N) is 4. The normalized spacial score (nSPS) is 19.8. The van der Waals surface area contributed by atoms with Crippen LogP contribution in [0.15, 0.2) is 34.0 Å². The van der Waals surface area contributed by atoms with Gasteiger partial charge >= 0.3 is 18.0 Å². The first-order chi connectivity index (χ1) is 22.4. The first-order valence-corrected chi connectivity index (χ1v) is 16.4. The number of ether oxygens (including phenoxy) is 3. The Labute approximate surface area is 273 Å². The number of alkyl halides is 3. The number of piperazine rings is 1. The van der Waals surface area contributed by atoms with Crippen LogP contribution in [0.25, 0.3) is 22.0 Å². The number of carbonyl (C=O) groups is 1. The number of rotatable bonds is 10.